The number of hydrogen-bond donors (Lipinski definition) is 1. The van der Waals surface area contributed by atoms with Crippen molar-refractivity contribution in [3.8, 4) is 0 Å². The van der Waals surface area contributed by atoms with Gasteiger partial charge in [-0.15, -0.1) is 0 Å². The predicted molar refractivity (Wildman–Crippen MR) is 80.7 cm³/mol. The van der Waals surface area contributed by atoms with Crippen molar-refractivity contribution in [2.45, 2.75) is 26.3 Å². The molecule has 1 aliphatic rings. The fourth-order valence-electron chi connectivity index (χ4n) is 2.98. The second-order valence-corrected chi connectivity index (χ2v) is 5.57. The van der Waals surface area contributed by atoms with E-state index < -0.39 is 5.97 Å². The molecule has 5 nitrogen and oxygen atoms in total. The van der Waals surface area contributed by atoms with Gasteiger partial charge in [0.05, 0.1) is 23.5 Å². The van der Waals surface area contributed by atoms with Gasteiger partial charge in [0.2, 0.25) is 0 Å². The standard InChI is InChI=1S/C16H19N3O2/c1-11-8-14(18(2)17-11)10-19-7-3-4-12-9-13(16(20)21)5-6-15(12)19/h5-6,8-9H,3-4,7,10H2,1-2H3,(H,20,21). The van der Waals surface area contributed by atoms with E-state index in [1.807, 2.05) is 24.7 Å². The van der Waals surface area contributed by atoms with Crippen LogP contribution in [0.1, 0.15) is 33.7 Å². The van der Waals surface area contributed by atoms with Gasteiger partial charge >= 0.3 is 5.97 Å². The van der Waals surface area contributed by atoms with Crippen LogP contribution in [0.25, 0.3) is 0 Å². The maximum absolute atomic E-state index is 11.1. The van der Waals surface area contributed by atoms with Crippen molar-refractivity contribution in [1.82, 2.24) is 9.78 Å². The van der Waals surface area contributed by atoms with Crippen molar-refractivity contribution >= 4 is 11.7 Å². The zero-order chi connectivity index (χ0) is 15.0. The van der Waals surface area contributed by atoms with Crippen LogP contribution in [0, 0.1) is 6.92 Å². The van der Waals surface area contributed by atoms with Crippen LogP contribution < -0.4 is 4.90 Å². The Morgan fingerprint density at radius 2 is 2.19 bits per heavy atom. The quantitative estimate of drug-likeness (QED) is 0.940. The SMILES string of the molecule is Cc1cc(CN2CCCc3cc(C(=O)O)ccc32)n(C)n1. The molecule has 0 bridgehead atoms. The summed E-state index contributed by atoms with van der Waals surface area (Å²) in [6, 6.07) is 7.52. The molecule has 0 amide bonds. The molecule has 0 fully saturated rings. The normalized spacial score (nSPS) is 14.1. The summed E-state index contributed by atoms with van der Waals surface area (Å²) in [5.74, 6) is -0.864. The van der Waals surface area contributed by atoms with Crippen LogP contribution in [0.3, 0.4) is 0 Å². The molecule has 0 atom stereocenters. The van der Waals surface area contributed by atoms with Gasteiger partial charge in [-0.05, 0) is 49.6 Å². The van der Waals surface area contributed by atoms with Gasteiger partial charge in [-0.2, -0.15) is 5.10 Å². The molecule has 110 valence electrons. The molecule has 1 N–H and O–H groups in total. The van der Waals surface area contributed by atoms with Crippen LogP contribution in [0.4, 0.5) is 5.69 Å². The van der Waals surface area contributed by atoms with Crippen LogP contribution in [-0.4, -0.2) is 27.4 Å². The zero-order valence-corrected chi connectivity index (χ0v) is 12.3. The van der Waals surface area contributed by atoms with Crippen molar-refractivity contribution < 1.29 is 9.90 Å². The van der Waals surface area contributed by atoms with E-state index in [4.69, 9.17) is 5.11 Å². The molecule has 1 aliphatic heterocycles. The molecule has 1 aromatic heterocycles. The molecule has 0 radical (unpaired) electrons. The first-order valence-electron chi connectivity index (χ1n) is 7.15. The topological polar surface area (TPSA) is 58.4 Å². The lowest BCUT2D eigenvalue weighted by Gasteiger charge is -2.31. The Hall–Kier alpha value is -2.30. The van der Waals surface area contributed by atoms with Crippen molar-refractivity contribution in [2.75, 3.05) is 11.4 Å². The summed E-state index contributed by atoms with van der Waals surface area (Å²) in [6.45, 7) is 3.78. The molecule has 1 aromatic carbocycles. The number of carboxylic acid groups (broad SMARTS) is 1. The number of aryl methyl sites for hydroxylation is 3. The number of nitrogens with zero attached hydrogens (tertiary/aromatic N) is 3. The molecule has 2 heterocycles. The highest BCUT2D eigenvalue weighted by atomic mass is 16.4. The Balaban J connectivity index is 1.90. The maximum atomic E-state index is 11.1. The van der Waals surface area contributed by atoms with Crippen LogP contribution in [0.15, 0.2) is 24.3 Å². The molecule has 2 aromatic rings. The number of aromatic carboxylic acids is 1. The number of hydrogen-bond acceptors (Lipinski definition) is 3. The van der Waals surface area contributed by atoms with Gasteiger partial charge in [0.15, 0.2) is 0 Å². The highest BCUT2D eigenvalue weighted by Crippen LogP contribution is 2.29. The Morgan fingerprint density at radius 3 is 2.86 bits per heavy atom. The average molecular weight is 285 g/mol. The molecule has 0 aliphatic carbocycles. The third-order valence-corrected chi connectivity index (χ3v) is 3.99. The minimum absolute atomic E-state index is 0.368. The molecule has 0 saturated carbocycles. The third-order valence-electron chi connectivity index (χ3n) is 3.99. The fourth-order valence-corrected chi connectivity index (χ4v) is 2.98. The van der Waals surface area contributed by atoms with Gasteiger partial charge < -0.3 is 10.0 Å². The second-order valence-electron chi connectivity index (χ2n) is 5.57. The van der Waals surface area contributed by atoms with Gasteiger partial charge in [0, 0.05) is 19.3 Å². The maximum Gasteiger partial charge on any atom is 0.335 e. The van der Waals surface area contributed by atoms with E-state index in [1.54, 1.807) is 12.1 Å². The fraction of sp³-hybridized carbons (Fsp3) is 0.375. The summed E-state index contributed by atoms with van der Waals surface area (Å²) in [5.41, 5.74) is 4.82. The smallest absolute Gasteiger partial charge is 0.335 e. The third kappa shape index (κ3) is 2.63. The highest BCUT2D eigenvalue weighted by molar-refractivity contribution is 5.88. The van der Waals surface area contributed by atoms with Gasteiger partial charge in [-0.3, -0.25) is 4.68 Å². The second kappa shape index (κ2) is 5.24. The summed E-state index contributed by atoms with van der Waals surface area (Å²) < 4.78 is 1.91. The number of carboxylic acids is 1. The van der Waals surface area contributed by atoms with Crippen molar-refractivity contribution in [3.05, 3.63) is 46.8 Å². The summed E-state index contributed by atoms with van der Waals surface area (Å²) in [5, 5.41) is 13.5. The molecule has 5 heteroatoms. The van der Waals surface area contributed by atoms with E-state index in [0.29, 0.717) is 5.56 Å². The largest absolute Gasteiger partial charge is 0.478 e. The zero-order valence-electron chi connectivity index (χ0n) is 12.3. The van der Waals surface area contributed by atoms with Crippen molar-refractivity contribution in [1.29, 1.82) is 0 Å². The van der Waals surface area contributed by atoms with E-state index in [1.165, 1.54) is 5.69 Å². The number of carbonyl (C=O) groups is 1. The summed E-state index contributed by atoms with van der Waals surface area (Å²) in [4.78, 5) is 13.4. The van der Waals surface area contributed by atoms with E-state index in [9.17, 15) is 4.79 Å². The lowest BCUT2D eigenvalue weighted by molar-refractivity contribution is 0.0697. The van der Waals surface area contributed by atoms with Crippen LogP contribution in [0.5, 0.6) is 0 Å². The number of benzene rings is 1. The Morgan fingerprint density at radius 1 is 1.38 bits per heavy atom. The van der Waals surface area contributed by atoms with E-state index >= 15 is 0 Å². The van der Waals surface area contributed by atoms with Crippen LogP contribution in [0.2, 0.25) is 0 Å². The number of fused-ring (bicyclic) bond motifs is 1. The lowest BCUT2D eigenvalue weighted by Crippen LogP contribution is -2.29. The predicted octanol–water partition coefficient (Wildman–Crippen LogP) is 2.38. The van der Waals surface area contributed by atoms with Gasteiger partial charge in [-0.1, -0.05) is 0 Å². The molecular weight excluding hydrogens is 266 g/mol. The Kier molecular flexibility index (Phi) is 3.41. The Bertz CT molecular complexity index is 691. The minimum atomic E-state index is -0.864. The van der Waals surface area contributed by atoms with E-state index in [-0.39, 0.29) is 0 Å². The first kappa shape index (κ1) is 13.7. The average Bonchev–Trinajstić information content (AvgIpc) is 2.76. The van der Waals surface area contributed by atoms with Crippen LogP contribution in [-0.2, 0) is 20.0 Å². The molecular formula is C16H19N3O2. The van der Waals surface area contributed by atoms with E-state index in [2.05, 4.69) is 16.1 Å². The lowest BCUT2D eigenvalue weighted by atomic mass is 9.99. The Labute approximate surface area is 123 Å². The highest BCUT2D eigenvalue weighted by Gasteiger charge is 2.19. The molecule has 3 rings (SSSR count). The molecule has 0 unspecified atom stereocenters. The van der Waals surface area contributed by atoms with Gasteiger partial charge in [-0.25, -0.2) is 4.79 Å². The monoisotopic (exact) mass is 285 g/mol. The number of rotatable bonds is 3. The first-order valence-corrected chi connectivity index (χ1v) is 7.15. The molecule has 0 saturated heterocycles. The van der Waals surface area contributed by atoms with E-state index in [0.717, 1.165) is 42.9 Å². The molecule has 0 spiro atoms. The summed E-state index contributed by atoms with van der Waals surface area (Å²) in [7, 11) is 1.96. The summed E-state index contributed by atoms with van der Waals surface area (Å²) in [6.07, 6.45) is 1.99. The van der Waals surface area contributed by atoms with Crippen molar-refractivity contribution in [3.63, 3.8) is 0 Å². The molecule has 21 heavy (non-hydrogen) atoms. The summed E-state index contributed by atoms with van der Waals surface area (Å²) >= 11 is 0. The van der Waals surface area contributed by atoms with Gasteiger partial charge in [0.1, 0.15) is 0 Å². The first-order chi connectivity index (χ1) is 10.0. The van der Waals surface area contributed by atoms with Gasteiger partial charge in [0.25, 0.3) is 0 Å². The minimum Gasteiger partial charge on any atom is -0.478 e. The van der Waals surface area contributed by atoms with Crippen LogP contribution >= 0.6 is 0 Å². The number of anilines is 1. The van der Waals surface area contributed by atoms with Crippen molar-refractivity contribution in [2.24, 2.45) is 7.05 Å². The number of aromatic nitrogens is 2.